The van der Waals surface area contributed by atoms with E-state index in [9.17, 15) is 14.0 Å². The fourth-order valence-electron chi connectivity index (χ4n) is 2.95. The van der Waals surface area contributed by atoms with E-state index in [4.69, 9.17) is 0 Å². The smallest absolute Gasteiger partial charge is 0.298 e. The Kier molecular flexibility index (Phi) is 4.29. The van der Waals surface area contributed by atoms with Gasteiger partial charge in [0.05, 0.1) is 11.3 Å². The van der Waals surface area contributed by atoms with Crippen molar-refractivity contribution >= 4 is 39.1 Å². The van der Waals surface area contributed by atoms with E-state index in [1.807, 2.05) is 18.2 Å². The lowest BCUT2D eigenvalue weighted by molar-refractivity contribution is -0.112. The van der Waals surface area contributed by atoms with Crippen LogP contribution < -0.4 is 5.32 Å². The first-order valence-electron chi connectivity index (χ1n) is 8.17. The molecule has 0 saturated heterocycles. The number of H-pyrrole nitrogens is 1. The van der Waals surface area contributed by atoms with Crippen LogP contribution in [0.15, 0.2) is 53.9 Å². The zero-order chi connectivity index (χ0) is 19.0. The number of thiazole rings is 1. The molecule has 0 aliphatic carbocycles. The molecule has 7 heteroatoms. The van der Waals surface area contributed by atoms with Crippen molar-refractivity contribution < 1.29 is 14.0 Å². The maximum Gasteiger partial charge on any atom is 0.298 e. The number of aryl methyl sites for hydroxylation is 1. The zero-order valence-corrected chi connectivity index (χ0v) is 15.1. The SMILES string of the molecule is Cc1[nH]c2ccccc2c1C(=O)C(=O)Nc1nc(-c2cccc(F)c2)cs1. The number of benzene rings is 2. The first kappa shape index (κ1) is 17.1. The summed E-state index contributed by atoms with van der Waals surface area (Å²) in [5.41, 5.74) is 2.92. The molecule has 0 bridgehead atoms. The number of carbonyl (C=O) groups excluding carboxylic acids is 2. The number of nitrogens with zero attached hydrogens (tertiary/aromatic N) is 1. The number of halogens is 1. The van der Waals surface area contributed by atoms with Gasteiger partial charge in [-0.25, -0.2) is 9.37 Å². The van der Waals surface area contributed by atoms with Crippen LogP contribution in [0, 0.1) is 12.7 Å². The second-order valence-electron chi connectivity index (χ2n) is 6.00. The number of aromatic nitrogens is 2. The Hall–Kier alpha value is -3.32. The molecule has 0 spiro atoms. The Morgan fingerprint density at radius 1 is 1.15 bits per heavy atom. The van der Waals surface area contributed by atoms with Crippen LogP contribution in [0.2, 0.25) is 0 Å². The molecular weight excluding hydrogens is 365 g/mol. The van der Waals surface area contributed by atoms with Crippen LogP contribution in [-0.2, 0) is 4.79 Å². The fourth-order valence-corrected chi connectivity index (χ4v) is 3.66. The summed E-state index contributed by atoms with van der Waals surface area (Å²) in [4.78, 5) is 32.5. The molecule has 134 valence electrons. The molecule has 2 aromatic heterocycles. The summed E-state index contributed by atoms with van der Waals surface area (Å²) in [6.45, 7) is 1.76. The van der Waals surface area contributed by atoms with Crippen molar-refractivity contribution in [3.63, 3.8) is 0 Å². The number of para-hydroxylation sites is 1. The van der Waals surface area contributed by atoms with E-state index < -0.39 is 11.7 Å². The first-order valence-corrected chi connectivity index (χ1v) is 9.05. The molecular formula is C20H14FN3O2S. The maximum atomic E-state index is 13.4. The van der Waals surface area contributed by atoms with Crippen molar-refractivity contribution in [3.05, 3.63) is 71.0 Å². The lowest BCUT2D eigenvalue weighted by Gasteiger charge is -2.02. The number of ketones is 1. The van der Waals surface area contributed by atoms with Crippen LogP contribution in [-0.4, -0.2) is 21.7 Å². The number of Topliss-reactive ketones (excluding diaryl/α,β-unsaturated/α-hetero) is 1. The molecule has 1 amide bonds. The summed E-state index contributed by atoms with van der Waals surface area (Å²) in [7, 11) is 0. The second kappa shape index (κ2) is 6.77. The number of hydrogen-bond acceptors (Lipinski definition) is 4. The number of fused-ring (bicyclic) bond motifs is 1. The second-order valence-corrected chi connectivity index (χ2v) is 6.86. The molecule has 4 aromatic rings. The summed E-state index contributed by atoms with van der Waals surface area (Å²) >= 11 is 1.18. The Labute approximate surface area is 157 Å². The highest BCUT2D eigenvalue weighted by Gasteiger charge is 2.23. The van der Waals surface area contributed by atoms with E-state index in [0.717, 1.165) is 5.52 Å². The van der Waals surface area contributed by atoms with Crippen molar-refractivity contribution in [1.82, 2.24) is 9.97 Å². The van der Waals surface area contributed by atoms with Crippen LogP contribution in [0.4, 0.5) is 9.52 Å². The van der Waals surface area contributed by atoms with Gasteiger partial charge in [-0.15, -0.1) is 11.3 Å². The number of carbonyl (C=O) groups is 2. The van der Waals surface area contributed by atoms with Crippen LogP contribution in [0.1, 0.15) is 16.1 Å². The fraction of sp³-hybridized carbons (Fsp3) is 0.0500. The highest BCUT2D eigenvalue weighted by atomic mass is 32.1. The highest BCUT2D eigenvalue weighted by molar-refractivity contribution is 7.14. The normalized spacial score (nSPS) is 10.9. The van der Waals surface area contributed by atoms with Crippen molar-refractivity contribution in [2.24, 2.45) is 0 Å². The molecule has 0 aliphatic heterocycles. The summed E-state index contributed by atoms with van der Waals surface area (Å²) in [5.74, 6) is -1.76. The Morgan fingerprint density at radius 2 is 1.96 bits per heavy atom. The zero-order valence-electron chi connectivity index (χ0n) is 14.2. The van der Waals surface area contributed by atoms with E-state index >= 15 is 0 Å². The molecule has 2 N–H and O–H groups in total. The number of rotatable bonds is 4. The van der Waals surface area contributed by atoms with Gasteiger partial charge >= 0.3 is 0 Å². The van der Waals surface area contributed by atoms with E-state index in [-0.39, 0.29) is 10.9 Å². The summed E-state index contributed by atoms with van der Waals surface area (Å²) < 4.78 is 13.4. The van der Waals surface area contributed by atoms with Crippen molar-refractivity contribution in [3.8, 4) is 11.3 Å². The maximum absolute atomic E-state index is 13.4. The molecule has 0 fully saturated rings. The van der Waals surface area contributed by atoms with Gasteiger partial charge in [0.15, 0.2) is 5.13 Å². The summed E-state index contributed by atoms with van der Waals surface area (Å²) in [6, 6.07) is 13.3. The number of amides is 1. The van der Waals surface area contributed by atoms with Crippen LogP contribution in [0.25, 0.3) is 22.2 Å². The van der Waals surface area contributed by atoms with Gasteiger partial charge in [0.1, 0.15) is 5.82 Å². The average Bonchev–Trinajstić information content (AvgIpc) is 3.24. The quantitative estimate of drug-likeness (QED) is 0.403. The monoisotopic (exact) mass is 379 g/mol. The van der Waals surface area contributed by atoms with Gasteiger partial charge in [0.2, 0.25) is 0 Å². The lowest BCUT2D eigenvalue weighted by Crippen LogP contribution is -2.23. The Balaban J connectivity index is 1.57. The van der Waals surface area contributed by atoms with Crippen molar-refractivity contribution in [2.45, 2.75) is 6.92 Å². The number of nitrogens with one attached hydrogen (secondary N) is 2. The van der Waals surface area contributed by atoms with Gasteiger partial charge in [-0.2, -0.15) is 0 Å². The van der Waals surface area contributed by atoms with Crippen molar-refractivity contribution in [2.75, 3.05) is 5.32 Å². The number of aromatic amines is 1. The van der Waals surface area contributed by atoms with Crippen LogP contribution in [0.5, 0.6) is 0 Å². The molecule has 0 aliphatic rings. The number of anilines is 1. The van der Waals surface area contributed by atoms with Gasteiger partial charge in [-0.1, -0.05) is 30.3 Å². The lowest BCUT2D eigenvalue weighted by atomic mass is 10.1. The van der Waals surface area contributed by atoms with Crippen LogP contribution in [0.3, 0.4) is 0 Å². The molecule has 0 atom stereocenters. The topological polar surface area (TPSA) is 74.8 Å². The van der Waals surface area contributed by atoms with Crippen LogP contribution >= 0.6 is 11.3 Å². The highest BCUT2D eigenvalue weighted by Crippen LogP contribution is 2.26. The third-order valence-electron chi connectivity index (χ3n) is 4.17. The molecule has 0 radical (unpaired) electrons. The Morgan fingerprint density at radius 3 is 2.78 bits per heavy atom. The first-order chi connectivity index (χ1) is 13.0. The number of hydrogen-bond donors (Lipinski definition) is 2. The van der Waals surface area contributed by atoms with E-state index in [2.05, 4.69) is 15.3 Å². The molecule has 5 nitrogen and oxygen atoms in total. The molecule has 4 rings (SSSR count). The van der Waals surface area contributed by atoms with E-state index in [0.29, 0.717) is 27.9 Å². The predicted molar refractivity (Wildman–Crippen MR) is 104 cm³/mol. The van der Waals surface area contributed by atoms with Gasteiger partial charge in [-0.05, 0) is 25.1 Å². The third kappa shape index (κ3) is 3.24. The molecule has 0 unspecified atom stereocenters. The van der Waals surface area contributed by atoms with Gasteiger partial charge in [0, 0.05) is 27.5 Å². The Bertz CT molecular complexity index is 1180. The minimum absolute atomic E-state index is 0.283. The van der Waals surface area contributed by atoms with E-state index in [1.54, 1.807) is 30.5 Å². The molecule has 0 saturated carbocycles. The minimum Gasteiger partial charge on any atom is -0.358 e. The molecule has 27 heavy (non-hydrogen) atoms. The van der Waals surface area contributed by atoms with E-state index in [1.165, 1.54) is 23.5 Å². The summed E-state index contributed by atoms with van der Waals surface area (Å²) in [5, 5.41) is 5.22. The largest absolute Gasteiger partial charge is 0.358 e. The third-order valence-corrected chi connectivity index (χ3v) is 4.93. The standard InChI is InChI=1S/C20H14FN3O2S/c1-11-17(14-7-2-3-8-15(14)22-11)18(25)19(26)24-20-23-16(10-27-20)12-5-4-6-13(21)9-12/h2-10,22H,1H3,(H,23,24,26). The predicted octanol–water partition coefficient (Wildman–Crippen LogP) is 4.56. The van der Waals surface area contributed by atoms with Crippen molar-refractivity contribution in [1.29, 1.82) is 0 Å². The molecule has 2 heterocycles. The van der Waals surface area contributed by atoms with Gasteiger partial charge in [-0.3, -0.25) is 14.9 Å². The average molecular weight is 379 g/mol. The van der Waals surface area contributed by atoms with Gasteiger partial charge in [0.25, 0.3) is 11.7 Å². The van der Waals surface area contributed by atoms with Gasteiger partial charge < -0.3 is 4.98 Å². The summed E-state index contributed by atoms with van der Waals surface area (Å²) in [6.07, 6.45) is 0. The molecule has 2 aromatic carbocycles. The minimum atomic E-state index is -0.761.